The van der Waals surface area contributed by atoms with Gasteiger partial charge >= 0.3 is 0 Å². The van der Waals surface area contributed by atoms with Crippen molar-refractivity contribution in [1.29, 1.82) is 0 Å². The summed E-state index contributed by atoms with van der Waals surface area (Å²) in [5.74, 6) is 0.802. The van der Waals surface area contributed by atoms with Crippen molar-refractivity contribution in [2.45, 2.75) is 19.5 Å². The van der Waals surface area contributed by atoms with Gasteiger partial charge in [-0.05, 0) is 47.9 Å². The molecule has 0 radical (unpaired) electrons. The Morgan fingerprint density at radius 3 is 2.66 bits per heavy atom. The largest absolute Gasteiger partial charge is 0.379 e. The maximum atomic E-state index is 12.1. The van der Waals surface area contributed by atoms with Crippen LogP contribution < -0.4 is 11.1 Å². The van der Waals surface area contributed by atoms with Gasteiger partial charge in [-0.2, -0.15) is 5.10 Å². The van der Waals surface area contributed by atoms with Crippen LogP contribution >= 0.6 is 0 Å². The topological polar surface area (TPSA) is 127 Å². The van der Waals surface area contributed by atoms with Crippen LogP contribution in [0.5, 0.6) is 0 Å². The van der Waals surface area contributed by atoms with Gasteiger partial charge in [0.05, 0.1) is 31.6 Å². The van der Waals surface area contributed by atoms with Crippen molar-refractivity contribution in [3.63, 3.8) is 0 Å². The molecular formula is C30H33N9O2. The van der Waals surface area contributed by atoms with Gasteiger partial charge in [-0.25, -0.2) is 15.0 Å². The molecule has 1 aromatic carbocycles. The maximum Gasteiger partial charge on any atom is 0.219 e. The first-order valence-electron chi connectivity index (χ1n) is 13.7. The van der Waals surface area contributed by atoms with Crippen LogP contribution in [0.25, 0.3) is 28.5 Å². The second kappa shape index (κ2) is 11.5. The van der Waals surface area contributed by atoms with Crippen LogP contribution in [-0.4, -0.2) is 80.7 Å². The van der Waals surface area contributed by atoms with E-state index in [2.05, 4.69) is 50.5 Å². The fraction of sp³-hybridized carbons (Fsp3) is 0.300. The lowest BCUT2D eigenvalue weighted by Gasteiger charge is -2.29. The average Bonchev–Trinajstić information content (AvgIpc) is 3.46. The molecule has 11 nitrogen and oxygen atoms in total. The second-order valence-corrected chi connectivity index (χ2v) is 10.4. The van der Waals surface area contributed by atoms with Crippen molar-refractivity contribution >= 4 is 29.8 Å². The molecule has 1 saturated heterocycles. The van der Waals surface area contributed by atoms with E-state index in [-0.39, 0.29) is 5.95 Å². The normalized spacial score (nSPS) is 16.9. The summed E-state index contributed by atoms with van der Waals surface area (Å²) in [7, 11) is 1.88. The molecule has 4 aromatic rings. The zero-order valence-corrected chi connectivity index (χ0v) is 23.2. The summed E-state index contributed by atoms with van der Waals surface area (Å²) >= 11 is 0. The van der Waals surface area contributed by atoms with Crippen LogP contribution in [0.15, 0.2) is 55.3 Å². The van der Waals surface area contributed by atoms with E-state index in [0.29, 0.717) is 11.5 Å². The van der Waals surface area contributed by atoms with E-state index in [1.165, 1.54) is 0 Å². The quantitative estimate of drug-likeness (QED) is 0.314. The molecule has 1 unspecified atom stereocenters. The minimum Gasteiger partial charge on any atom is -0.379 e. The first kappa shape index (κ1) is 26.6. The number of benzene rings is 1. The number of nitrogens with one attached hydrogen (secondary N) is 1. The molecule has 6 rings (SSSR count). The number of morpholine rings is 1. The van der Waals surface area contributed by atoms with Gasteiger partial charge in [0.15, 0.2) is 0 Å². The zero-order chi connectivity index (χ0) is 28.3. The Morgan fingerprint density at radius 2 is 1.90 bits per heavy atom. The van der Waals surface area contributed by atoms with Crippen molar-refractivity contribution in [1.82, 2.24) is 34.5 Å². The zero-order valence-electron chi connectivity index (χ0n) is 23.2. The number of nitrogen functional groups attached to an aromatic ring is 1. The molecule has 1 atom stereocenters. The maximum absolute atomic E-state index is 12.1. The van der Waals surface area contributed by atoms with Gasteiger partial charge in [-0.1, -0.05) is 6.07 Å². The predicted molar refractivity (Wildman–Crippen MR) is 158 cm³/mol. The molecule has 3 aromatic heterocycles. The minimum atomic E-state index is -0.467. The third kappa shape index (κ3) is 5.67. The Hall–Kier alpha value is -4.61. The first-order valence-corrected chi connectivity index (χ1v) is 13.7. The number of anilines is 3. The molecule has 0 bridgehead atoms. The van der Waals surface area contributed by atoms with Crippen molar-refractivity contribution in [3.05, 3.63) is 71.9 Å². The number of ether oxygens (including phenoxy) is 1. The highest BCUT2D eigenvalue weighted by atomic mass is 16.5. The van der Waals surface area contributed by atoms with Gasteiger partial charge in [-0.15, -0.1) is 0 Å². The van der Waals surface area contributed by atoms with Gasteiger partial charge in [-0.3, -0.25) is 9.58 Å². The van der Waals surface area contributed by atoms with E-state index in [1.54, 1.807) is 12.4 Å². The third-order valence-corrected chi connectivity index (χ3v) is 7.59. The molecular weight excluding hydrogens is 518 g/mol. The molecule has 1 fully saturated rings. The van der Waals surface area contributed by atoms with Crippen molar-refractivity contribution in [2.24, 2.45) is 0 Å². The predicted octanol–water partition coefficient (Wildman–Crippen LogP) is 3.52. The number of aldehydes is 1. The molecule has 0 aliphatic carbocycles. The third-order valence-electron chi connectivity index (χ3n) is 7.59. The van der Waals surface area contributed by atoms with Gasteiger partial charge in [0, 0.05) is 73.9 Å². The minimum absolute atomic E-state index is 0.200. The number of nitrogens with two attached hydrogens (primary N) is 1. The number of hydrogen-bond acceptors (Lipinski definition) is 10. The number of pyridine rings is 1. The number of aromatic nitrogens is 5. The molecule has 210 valence electrons. The van der Waals surface area contributed by atoms with Crippen LogP contribution in [0, 0.1) is 6.92 Å². The summed E-state index contributed by atoms with van der Waals surface area (Å²) in [4.78, 5) is 29.6. The smallest absolute Gasteiger partial charge is 0.219 e. The number of aryl methyl sites for hydroxylation is 1. The highest BCUT2D eigenvalue weighted by molar-refractivity contribution is 5.80. The number of carbonyl (C=O) groups excluding carboxylic acids is 1. The monoisotopic (exact) mass is 551 g/mol. The number of likely N-dealkylation sites (N-methyl/N-ethyl adjacent to an activating group) is 1. The highest BCUT2D eigenvalue weighted by Gasteiger charge is 2.26. The summed E-state index contributed by atoms with van der Waals surface area (Å²) in [5.41, 5.74) is 13.0. The first-order chi connectivity index (χ1) is 20.0. The molecule has 2 aliphatic heterocycles. The van der Waals surface area contributed by atoms with Gasteiger partial charge in [0.1, 0.15) is 18.1 Å². The summed E-state index contributed by atoms with van der Waals surface area (Å²) < 4.78 is 7.45. The summed E-state index contributed by atoms with van der Waals surface area (Å²) in [6, 6.07) is 7.68. The van der Waals surface area contributed by atoms with Gasteiger partial charge in [0.25, 0.3) is 0 Å². The Labute approximate surface area is 238 Å². The standard InChI is InChI=1S/C30H33N9O2/c1-20-13-24(3-4-25(20)23-17-34-39(18-23)8-7-38-9-11-41-12-10-38)35-29-28-21(5-6-37(2)27(28)19-40)14-26(36-29)22-15-32-30(31)33-16-22/h3-6,13-19,27H,7-12H2,1-2H3,(H,35,36)(H2,31,32,33). The second-order valence-electron chi connectivity index (χ2n) is 10.4. The van der Waals surface area contributed by atoms with E-state index in [1.807, 2.05) is 47.2 Å². The molecule has 0 saturated carbocycles. The number of carbonyl (C=O) groups is 1. The van der Waals surface area contributed by atoms with E-state index in [4.69, 9.17) is 15.5 Å². The van der Waals surface area contributed by atoms with Crippen LogP contribution in [-0.2, 0) is 16.1 Å². The fourth-order valence-electron chi connectivity index (χ4n) is 5.29. The van der Waals surface area contributed by atoms with Crippen molar-refractivity contribution < 1.29 is 9.53 Å². The Bertz CT molecular complexity index is 1580. The highest BCUT2D eigenvalue weighted by Crippen LogP contribution is 2.37. The number of fused-ring (bicyclic) bond motifs is 1. The van der Waals surface area contributed by atoms with Crippen LogP contribution in [0.4, 0.5) is 17.5 Å². The molecule has 2 aliphatic rings. The summed E-state index contributed by atoms with van der Waals surface area (Å²) in [5, 5.41) is 8.08. The average molecular weight is 552 g/mol. The van der Waals surface area contributed by atoms with E-state index in [0.717, 1.165) is 84.7 Å². The van der Waals surface area contributed by atoms with Crippen molar-refractivity contribution in [3.8, 4) is 22.4 Å². The molecule has 0 amide bonds. The summed E-state index contributed by atoms with van der Waals surface area (Å²) in [6.07, 6.45) is 12.1. The van der Waals surface area contributed by atoms with Gasteiger partial charge in [0.2, 0.25) is 5.95 Å². The Morgan fingerprint density at radius 1 is 1.10 bits per heavy atom. The SMILES string of the molecule is Cc1cc(Nc2nc(-c3cnc(N)nc3)cc3c2C(C=O)N(C)C=C3)ccc1-c1cnn(CCN2CCOCC2)c1. The van der Waals surface area contributed by atoms with Crippen LogP contribution in [0.3, 0.4) is 0 Å². The Kier molecular flexibility index (Phi) is 7.45. The molecule has 0 spiro atoms. The van der Waals surface area contributed by atoms with Crippen molar-refractivity contribution in [2.75, 3.05) is 50.9 Å². The fourth-order valence-corrected chi connectivity index (χ4v) is 5.29. The lowest BCUT2D eigenvalue weighted by Crippen LogP contribution is -2.38. The van der Waals surface area contributed by atoms with E-state index < -0.39 is 6.04 Å². The van der Waals surface area contributed by atoms with E-state index >= 15 is 0 Å². The summed E-state index contributed by atoms with van der Waals surface area (Å²) in [6.45, 7) is 7.41. The molecule has 3 N–H and O–H groups in total. The molecule has 41 heavy (non-hydrogen) atoms. The van der Waals surface area contributed by atoms with Gasteiger partial charge < -0.3 is 25.5 Å². The Balaban J connectivity index is 1.27. The number of hydrogen-bond donors (Lipinski definition) is 2. The lowest BCUT2D eigenvalue weighted by molar-refractivity contribution is -0.111. The van der Waals surface area contributed by atoms with E-state index in [9.17, 15) is 4.79 Å². The number of rotatable bonds is 8. The number of nitrogens with zero attached hydrogens (tertiary/aromatic N) is 7. The molecule has 5 heterocycles. The lowest BCUT2D eigenvalue weighted by atomic mass is 9.96. The molecule has 11 heteroatoms. The van der Waals surface area contributed by atoms with Crippen LogP contribution in [0.2, 0.25) is 0 Å². The van der Waals surface area contributed by atoms with Crippen LogP contribution in [0.1, 0.15) is 22.7 Å².